The van der Waals surface area contributed by atoms with Crippen molar-refractivity contribution in [3.63, 3.8) is 0 Å². The molecule has 1 aromatic carbocycles. The Hall–Kier alpha value is -2.65. The van der Waals surface area contributed by atoms with Crippen LogP contribution in [0.25, 0.3) is 11.3 Å². The lowest BCUT2D eigenvalue weighted by atomic mass is 10.0. The van der Waals surface area contributed by atoms with E-state index in [-0.39, 0.29) is 41.5 Å². The van der Waals surface area contributed by atoms with E-state index >= 15 is 0 Å². The number of hydrogen-bond acceptors (Lipinski definition) is 7. The molecule has 3 rings (SSSR count). The molecular formula is C20H26FN3O5. The van der Waals surface area contributed by atoms with Crippen LogP contribution in [0.1, 0.15) is 23.2 Å². The lowest BCUT2D eigenvalue weighted by Crippen LogP contribution is -2.40. The lowest BCUT2D eigenvalue weighted by Gasteiger charge is -2.29. The molecule has 8 nitrogen and oxygen atoms in total. The SMILES string of the molecule is COc1cc(-c2onc(N3C[C@@H](CO)CC[C@@H](N(C)C)C3)c2C(=O)O)ccc1F. The number of methoxy groups -OCH3 is 1. The fraction of sp³-hybridized carbons (Fsp3) is 0.500. The highest BCUT2D eigenvalue weighted by Crippen LogP contribution is 2.35. The van der Waals surface area contributed by atoms with E-state index < -0.39 is 11.8 Å². The quantitative estimate of drug-likeness (QED) is 0.753. The molecule has 1 fully saturated rings. The number of ether oxygens (including phenoxy) is 1. The molecule has 1 saturated heterocycles. The maximum atomic E-state index is 13.8. The Kier molecular flexibility index (Phi) is 6.39. The predicted octanol–water partition coefficient (Wildman–Crippen LogP) is 2.33. The van der Waals surface area contributed by atoms with Crippen LogP contribution in [0.4, 0.5) is 10.2 Å². The first-order valence-electron chi connectivity index (χ1n) is 9.44. The van der Waals surface area contributed by atoms with E-state index in [0.29, 0.717) is 18.7 Å². The van der Waals surface area contributed by atoms with Crippen LogP contribution < -0.4 is 9.64 Å². The number of aromatic carboxylic acids is 1. The van der Waals surface area contributed by atoms with Crippen molar-refractivity contribution in [2.45, 2.75) is 18.9 Å². The van der Waals surface area contributed by atoms with Crippen molar-refractivity contribution in [3.05, 3.63) is 29.6 Å². The number of likely N-dealkylation sites (N-methyl/N-ethyl adjacent to an activating group) is 1. The second-order valence-corrected chi connectivity index (χ2v) is 7.51. The maximum absolute atomic E-state index is 13.8. The first-order chi connectivity index (χ1) is 13.8. The van der Waals surface area contributed by atoms with Crippen LogP contribution in [0.2, 0.25) is 0 Å². The van der Waals surface area contributed by atoms with Gasteiger partial charge in [0.2, 0.25) is 0 Å². The number of carbonyl (C=O) groups is 1. The highest BCUT2D eigenvalue weighted by Gasteiger charge is 2.32. The molecule has 2 N–H and O–H groups in total. The Balaban J connectivity index is 2.04. The van der Waals surface area contributed by atoms with Crippen molar-refractivity contribution in [2.75, 3.05) is 45.8 Å². The van der Waals surface area contributed by atoms with E-state index in [4.69, 9.17) is 9.26 Å². The van der Waals surface area contributed by atoms with Gasteiger partial charge in [0, 0.05) is 31.3 Å². The molecule has 0 unspecified atom stereocenters. The number of anilines is 1. The smallest absolute Gasteiger partial charge is 0.343 e. The lowest BCUT2D eigenvalue weighted by molar-refractivity contribution is 0.0697. The molecule has 158 valence electrons. The zero-order valence-electron chi connectivity index (χ0n) is 16.8. The molecule has 1 aliphatic rings. The van der Waals surface area contributed by atoms with E-state index in [9.17, 15) is 19.4 Å². The van der Waals surface area contributed by atoms with E-state index in [1.165, 1.54) is 25.3 Å². The molecule has 0 saturated carbocycles. The van der Waals surface area contributed by atoms with Gasteiger partial charge in [0.05, 0.1) is 7.11 Å². The molecule has 0 aliphatic carbocycles. The Morgan fingerprint density at radius 2 is 2.14 bits per heavy atom. The third-order valence-corrected chi connectivity index (χ3v) is 5.41. The molecule has 0 bridgehead atoms. The minimum atomic E-state index is -1.19. The summed E-state index contributed by atoms with van der Waals surface area (Å²) in [4.78, 5) is 16.0. The maximum Gasteiger partial charge on any atom is 0.343 e. The van der Waals surface area contributed by atoms with Gasteiger partial charge in [-0.2, -0.15) is 0 Å². The molecule has 29 heavy (non-hydrogen) atoms. The van der Waals surface area contributed by atoms with Crippen molar-refractivity contribution in [1.82, 2.24) is 10.1 Å². The van der Waals surface area contributed by atoms with E-state index in [2.05, 4.69) is 10.1 Å². The number of aromatic nitrogens is 1. The highest BCUT2D eigenvalue weighted by atomic mass is 19.1. The molecule has 2 heterocycles. The molecule has 9 heteroatoms. The van der Waals surface area contributed by atoms with Crippen LogP contribution in [0, 0.1) is 11.7 Å². The number of nitrogens with zero attached hydrogens (tertiary/aromatic N) is 3. The van der Waals surface area contributed by atoms with Crippen molar-refractivity contribution >= 4 is 11.8 Å². The average Bonchev–Trinajstić information content (AvgIpc) is 3.02. The molecule has 0 amide bonds. The summed E-state index contributed by atoms with van der Waals surface area (Å²) >= 11 is 0. The van der Waals surface area contributed by atoms with Gasteiger partial charge in [-0.15, -0.1) is 0 Å². The average molecular weight is 407 g/mol. The van der Waals surface area contributed by atoms with Crippen LogP contribution >= 0.6 is 0 Å². The van der Waals surface area contributed by atoms with Crippen LogP contribution in [-0.2, 0) is 0 Å². The van der Waals surface area contributed by atoms with Gasteiger partial charge in [-0.1, -0.05) is 5.16 Å². The first kappa shape index (κ1) is 21.1. The van der Waals surface area contributed by atoms with E-state index in [0.717, 1.165) is 12.8 Å². The summed E-state index contributed by atoms with van der Waals surface area (Å²) < 4.78 is 24.2. The van der Waals surface area contributed by atoms with Gasteiger partial charge in [0.1, 0.15) is 0 Å². The Morgan fingerprint density at radius 3 is 2.76 bits per heavy atom. The molecule has 1 aromatic heterocycles. The van der Waals surface area contributed by atoms with Crippen molar-refractivity contribution in [1.29, 1.82) is 0 Å². The van der Waals surface area contributed by atoms with Gasteiger partial charge < -0.3 is 29.3 Å². The summed E-state index contributed by atoms with van der Waals surface area (Å²) in [5.41, 5.74) is 0.270. The molecule has 2 aromatic rings. The number of aliphatic hydroxyl groups excluding tert-OH is 1. The summed E-state index contributed by atoms with van der Waals surface area (Å²) in [6.45, 7) is 1.04. The third kappa shape index (κ3) is 4.35. The molecule has 2 atom stereocenters. The number of hydrogen-bond donors (Lipinski definition) is 2. The van der Waals surface area contributed by atoms with Crippen molar-refractivity contribution in [3.8, 4) is 17.1 Å². The monoisotopic (exact) mass is 407 g/mol. The van der Waals surface area contributed by atoms with Crippen LogP contribution in [0.5, 0.6) is 5.75 Å². The zero-order chi connectivity index (χ0) is 21.1. The second-order valence-electron chi connectivity index (χ2n) is 7.51. The van der Waals surface area contributed by atoms with Gasteiger partial charge in [0.15, 0.2) is 28.7 Å². The molecule has 1 aliphatic heterocycles. The Morgan fingerprint density at radius 1 is 1.38 bits per heavy atom. The highest BCUT2D eigenvalue weighted by molar-refractivity contribution is 5.99. The van der Waals surface area contributed by atoms with Crippen LogP contribution in [-0.4, -0.2) is 73.2 Å². The fourth-order valence-corrected chi connectivity index (χ4v) is 3.68. The summed E-state index contributed by atoms with van der Waals surface area (Å²) in [6.07, 6.45) is 1.72. The van der Waals surface area contributed by atoms with Crippen molar-refractivity contribution < 1.29 is 28.7 Å². The number of carboxylic acids is 1. The molecule has 0 spiro atoms. The van der Waals surface area contributed by atoms with Gasteiger partial charge in [-0.05, 0) is 51.1 Å². The van der Waals surface area contributed by atoms with Gasteiger partial charge in [-0.25, -0.2) is 9.18 Å². The van der Waals surface area contributed by atoms with E-state index in [1.807, 2.05) is 19.0 Å². The number of halogens is 1. The summed E-state index contributed by atoms with van der Waals surface area (Å²) in [5.74, 6) is -1.50. The normalized spacial score (nSPS) is 20.0. The largest absolute Gasteiger partial charge is 0.494 e. The minimum absolute atomic E-state index is 0.00709. The topological polar surface area (TPSA) is 99.3 Å². The first-order valence-corrected chi connectivity index (χ1v) is 9.44. The number of aliphatic hydroxyl groups is 1. The predicted molar refractivity (Wildman–Crippen MR) is 105 cm³/mol. The Labute approximate surface area is 168 Å². The van der Waals surface area contributed by atoms with Crippen LogP contribution in [0.3, 0.4) is 0 Å². The Bertz CT molecular complexity index is 870. The standard InChI is InChI=1S/C20H26FN3O5/c1-23(2)14-6-4-12(11-25)9-24(10-14)19-17(20(26)27)18(29-22-19)13-5-7-15(21)16(8-13)28-3/h5,7-8,12,14,25H,4,6,9-11H2,1-3H3,(H,26,27)/t12-,14+/m0/s1. The van der Waals surface area contributed by atoms with Gasteiger partial charge >= 0.3 is 5.97 Å². The van der Waals surface area contributed by atoms with Crippen molar-refractivity contribution in [2.24, 2.45) is 5.92 Å². The van der Waals surface area contributed by atoms with Gasteiger partial charge in [0.25, 0.3) is 0 Å². The zero-order valence-corrected chi connectivity index (χ0v) is 16.8. The summed E-state index contributed by atoms with van der Waals surface area (Å²) in [5, 5.41) is 23.6. The second kappa shape index (κ2) is 8.79. The van der Waals surface area contributed by atoms with Gasteiger partial charge in [-0.3, -0.25) is 0 Å². The summed E-state index contributed by atoms with van der Waals surface area (Å²) in [7, 11) is 5.28. The van der Waals surface area contributed by atoms with E-state index in [1.54, 1.807) is 0 Å². The number of benzene rings is 1. The molecular weight excluding hydrogens is 381 g/mol. The fourth-order valence-electron chi connectivity index (χ4n) is 3.68. The summed E-state index contributed by atoms with van der Waals surface area (Å²) in [6, 6.07) is 4.18. The third-order valence-electron chi connectivity index (χ3n) is 5.41. The number of carboxylic acid groups (broad SMARTS) is 1. The number of rotatable bonds is 6. The van der Waals surface area contributed by atoms with Crippen LogP contribution in [0.15, 0.2) is 22.7 Å². The molecule has 0 radical (unpaired) electrons. The minimum Gasteiger partial charge on any atom is -0.494 e.